The molecule has 78 valence electrons. The minimum atomic E-state index is -0.348. The molecule has 3 nitrogen and oxygen atoms in total. The number of para-hydroxylation sites is 1. The number of hydrogen-bond acceptors (Lipinski definition) is 3. The van der Waals surface area contributed by atoms with Gasteiger partial charge in [-0.1, -0.05) is 12.1 Å². The molecule has 0 fully saturated rings. The van der Waals surface area contributed by atoms with Gasteiger partial charge < -0.3 is 15.7 Å². The minimum Gasteiger partial charge on any atom is -0.397 e. The van der Waals surface area contributed by atoms with Crippen LogP contribution in [0, 0.1) is 6.92 Å². The third kappa shape index (κ3) is 2.39. The van der Waals surface area contributed by atoms with Crippen molar-refractivity contribution in [3.63, 3.8) is 0 Å². The van der Waals surface area contributed by atoms with Crippen molar-refractivity contribution in [3.8, 4) is 0 Å². The number of nitrogens with two attached hydrogens (primary N) is 1. The lowest BCUT2D eigenvalue weighted by Gasteiger charge is -2.24. The van der Waals surface area contributed by atoms with Crippen molar-refractivity contribution in [2.24, 2.45) is 0 Å². The van der Waals surface area contributed by atoms with Crippen LogP contribution in [0.4, 0.5) is 11.4 Å². The Balaban J connectivity index is 2.94. The number of nitrogen functional groups attached to an aromatic ring is 1. The maximum atomic E-state index is 9.28. The fraction of sp³-hybridized carbons (Fsp3) is 0.455. The maximum absolute atomic E-state index is 9.28. The molecule has 0 aliphatic carbocycles. The number of aliphatic hydroxyl groups excluding tert-OH is 1. The highest BCUT2D eigenvalue weighted by Crippen LogP contribution is 2.26. The Labute approximate surface area is 85.2 Å². The maximum Gasteiger partial charge on any atom is 0.0686 e. The summed E-state index contributed by atoms with van der Waals surface area (Å²) in [4.78, 5) is 1.98. The number of likely N-dealkylation sites (N-methyl/N-ethyl adjacent to an activating group) is 1. The standard InChI is InChI=1S/C11H18N2O/c1-8-5-4-6-10(12)11(8)13(3)7-9(2)14/h4-6,9,14H,7,12H2,1-3H3. The van der Waals surface area contributed by atoms with E-state index in [1.807, 2.05) is 37.1 Å². The van der Waals surface area contributed by atoms with Crippen LogP contribution >= 0.6 is 0 Å². The van der Waals surface area contributed by atoms with Gasteiger partial charge in [-0.3, -0.25) is 0 Å². The van der Waals surface area contributed by atoms with Crippen molar-refractivity contribution >= 4 is 11.4 Å². The van der Waals surface area contributed by atoms with Crippen molar-refractivity contribution in [1.82, 2.24) is 0 Å². The summed E-state index contributed by atoms with van der Waals surface area (Å²) in [6, 6.07) is 5.83. The van der Waals surface area contributed by atoms with Gasteiger partial charge in [0.1, 0.15) is 0 Å². The molecule has 0 saturated heterocycles. The normalized spacial score (nSPS) is 12.6. The molecular weight excluding hydrogens is 176 g/mol. The molecule has 0 aromatic heterocycles. The Morgan fingerprint density at radius 2 is 2.14 bits per heavy atom. The number of nitrogens with zero attached hydrogens (tertiary/aromatic N) is 1. The summed E-state index contributed by atoms with van der Waals surface area (Å²) in [5, 5.41) is 9.28. The van der Waals surface area contributed by atoms with Gasteiger partial charge in [0.05, 0.1) is 17.5 Å². The predicted molar refractivity (Wildman–Crippen MR) is 60.5 cm³/mol. The molecule has 0 radical (unpaired) electrons. The average Bonchev–Trinajstić information content (AvgIpc) is 2.01. The summed E-state index contributed by atoms with van der Waals surface area (Å²) >= 11 is 0. The quantitative estimate of drug-likeness (QED) is 0.715. The first-order chi connectivity index (χ1) is 6.52. The predicted octanol–water partition coefficient (Wildman–Crippen LogP) is 1.39. The minimum absolute atomic E-state index is 0.348. The summed E-state index contributed by atoms with van der Waals surface area (Å²) in [6.45, 7) is 4.38. The van der Waals surface area contributed by atoms with Gasteiger partial charge in [-0.05, 0) is 25.5 Å². The second-order valence-corrected chi connectivity index (χ2v) is 3.74. The number of aryl methyl sites for hydroxylation is 1. The molecule has 1 rings (SSSR count). The molecule has 1 atom stereocenters. The lowest BCUT2D eigenvalue weighted by Crippen LogP contribution is -2.28. The van der Waals surface area contributed by atoms with E-state index in [0.717, 1.165) is 16.9 Å². The Bertz CT molecular complexity index is 290. The highest BCUT2D eigenvalue weighted by molar-refractivity contribution is 5.71. The second-order valence-electron chi connectivity index (χ2n) is 3.74. The Hall–Kier alpha value is -1.22. The van der Waals surface area contributed by atoms with Gasteiger partial charge in [0, 0.05) is 13.6 Å². The van der Waals surface area contributed by atoms with Crippen molar-refractivity contribution in [1.29, 1.82) is 0 Å². The zero-order chi connectivity index (χ0) is 10.7. The molecule has 0 amide bonds. The van der Waals surface area contributed by atoms with Crippen LogP contribution in [0.3, 0.4) is 0 Å². The number of aliphatic hydroxyl groups is 1. The number of anilines is 2. The van der Waals surface area contributed by atoms with Gasteiger partial charge >= 0.3 is 0 Å². The van der Waals surface area contributed by atoms with E-state index in [-0.39, 0.29) is 6.10 Å². The zero-order valence-electron chi connectivity index (χ0n) is 8.99. The topological polar surface area (TPSA) is 49.5 Å². The van der Waals surface area contributed by atoms with Crippen LogP contribution in [-0.4, -0.2) is 24.8 Å². The fourth-order valence-electron chi connectivity index (χ4n) is 1.69. The molecule has 0 aliphatic heterocycles. The molecule has 3 heteroatoms. The smallest absolute Gasteiger partial charge is 0.0686 e. The molecule has 0 aliphatic rings. The van der Waals surface area contributed by atoms with Crippen molar-refractivity contribution in [2.45, 2.75) is 20.0 Å². The van der Waals surface area contributed by atoms with Gasteiger partial charge in [0.2, 0.25) is 0 Å². The van der Waals surface area contributed by atoms with E-state index in [1.165, 1.54) is 0 Å². The van der Waals surface area contributed by atoms with Crippen LogP contribution in [0.5, 0.6) is 0 Å². The molecule has 0 spiro atoms. The van der Waals surface area contributed by atoms with Crippen LogP contribution in [-0.2, 0) is 0 Å². The summed E-state index contributed by atoms with van der Waals surface area (Å²) in [7, 11) is 1.94. The molecule has 3 N–H and O–H groups in total. The highest BCUT2D eigenvalue weighted by atomic mass is 16.3. The molecular formula is C11H18N2O. The summed E-state index contributed by atoms with van der Waals surface area (Å²) in [5.74, 6) is 0. The van der Waals surface area contributed by atoms with Crippen LogP contribution < -0.4 is 10.6 Å². The van der Waals surface area contributed by atoms with Crippen LogP contribution in [0.15, 0.2) is 18.2 Å². The second kappa shape index (κ2) is 4.33. The van der Waals surface area contributed by atoms with E-state index in [9.17, 15) is 5.11 Å². The van der Waals surface area contributed by atoms with Crippen LogP contribution in [0.1, 0.15) is 12.5 Å². The lowest BCUT2D eigenvalue weighted by molar-refractivity contribution is 0.201. The summed E-state index contributed by atoms with van der Waals surface area (Å²) in [5.41, 5.74) is 8.77. The molecule has 1 unspecified atom stereocenters. The summed E-state index contributed by atoms with van der Waals surface area (Å²) in [6.07, 6.45) is -0.348. The van der Waals surface area contributed by atoms with Crippen molar-refractivity contribution in [2.75, 3.05) is 24.2 Å². The molecule has 0 saturated carbocycles. The van der Waals surface area contributed by atoms with E-state index in [1.54, 1.807) is 6.92 Å². The van der Waals surface area contributed by atoms with E-state index in [4.69, 9.17) is 5.73 Å². The van der Waals surface area contributed by atoms with E-state index in [0.29, 0.717) is 6.54 Å². The Kier molecular flexibility index (Phi) is 3.36. The van der Waals surface area contributed by atoms with Crippen LogP contribution in [0.2, 0.25) is 0 Å². The van der Waals surface area contributed by atoms with Crippen molar-refractivity contribution in [3.05, 3.63) is 23.8 Å². The molecule has 14 heavy (non-hydrogen) atoms. The van der Waals surface area contributed by atoms with Crippen molar-refractivity contribution < 1.29 is 5.11 Å². The Morgan fingerprint density at radius 3 is 2.64 bits per heavy atom. The third-order valence-electron chi connectivity index (χ3n) is 2.19. The van der Waals surface area contributed by atoms with Gasteiger partial charge in [0.25, 0.3) is 0 Å². The van der Waals surface area contributed by atoms with Gasteiger partial charge in [-0.2, -0.15) is 0 Å². The number of rotatable bonds is 3. The van der Waals surface area contributed by atoms with Gasteiger partial charge in [0.15, 0.2) is 0 Å². The zero-order valence-corrected chi connectivity index (χ0v) is 8.99. The first kappa shape index (κ1) is 10.9. The summed E-state index contributed by atoms with van der Waals surface area (Å²) < 4.78 is 0. The number of hydrogen-bond donors (Lipinski definition) is 2. The monoisotopic (exact) mass is 194 g/mol. The Morgan fingerprint density at radius 1 is 1.50 bits per heavy atom. The first-order valence-electron chi connectivity index (χ1n) is 4.76. The van der Waals surface area contributed by atoms with Gasteiger partial charge in [-0.15, -0.1) is 0 Å². The largest absolute Gasteiger partial charge is 0.397 e. The molecule has 1 aromatic rings. The lowest BCUT2D eigenvalue weighted by atomic mass is 10.1. The average molecular weight is 194 g/mol. The van der Waals surface area contributed by atoms with E-state index >= 15 is 0 Å². The number of benzene rings is 1. The third-order valence-corrected chi connectivity index (χ3v) is 2.19. The highest BCUT2D eigenvalue weighted by Gasteiger charge is 2.09. The van der Waals surface area contributed by atoms with Gasteiger partial charge in [-0.25, -0.2) is 0 Å². The van der Waals surface area contributed by atoms with E-state index < -0.39 is 0 Å². The molecule has 0 bridgehead atoms. The van der Waals surface area contributed by atoms with Crippen LogP contribution in [0.25, 0.3) is 0 Å². The molecule has 1 aromatic carbocycles. The fourth-order valence-corrected chi connectivity index (χ4v) is 1.69. The first-order valence-corrected chi connectivity index (χ1v) is 4.76. The SMILES string of the molecule is Cc1cccc(N)c1N(C)CC(C)O. The molecule has 0 heterocycles. The van der Waals surface area contributed by atoms with E-state index in [2.05, 4.69) is 0 Å².